The van der Waals surface area contributed by atoms with Gasteiger partial charge in [-0.2, -0.15) is 0 Å². The average molecular weight is 691 g/mol. The van der Waals surface area contributed by atoms with Crippen molar-refractivity contribution in [1.29, 1.82) is 0 Å². The van der Waals surface area contributed by atoms with E-state index in [0.29, 0.717) is 32.0 Å². The minimum Gasteiger partial charge on any atom is -0.504 e. The predicted molar refractivity (Wildman–Crippen MR) is 207 cm³/mol. The molecule has 0 radical (unpaired) electrons. The second kappa shape index (κ2) is 31.8. The van der Waals surface area contributed by atoms with Gasteiger partial charge in [0.15, 0.2) is 28.6 Å². The molecule has 0 aliphatic rings. The first-order valence-electron chi connectivity index (χ1n) is 21.1. The maximum Gasteiger partial charge on any atom is 0.343 e. The quantitative estimate of drug-likeness (QED) is 0.0682. The van der Waals surface area contributed by atoms with E-state index in [1.807, 2.05) is 0 Å². The van der Waals surface area contributed by atoms with Crippen LogP contribution in [0.4, 0.5) is 0 Å². The van der Waals surface area contributed by atoms with Gasteiger partial charge in [-0.15, -0.1) is 0 Å². The van der Waals surface area contributed by atoms with Gasteiger partial charge in [0.1, 0.15) is 0 Å². The van der Waals surface area contributed by atoms with Crippen LogP contribution < -0.4 is 14.2 Å². The molecule has 2 N–H and O–H groups in total. The van der Waals surface area contributed by atoms with E-state index in [1.165, 1.54) is 122 Å². The number of aromatic carboxylic acids is 1. The summed E-state index contributed by atoms with van der Waals surface area (Å²) in [7, 11) is 0. The molecule has 0 saturated carbocycles. The Kier molecular flexibility index (Phi) is 29.2. The Hall–Kier alpha value is -2.11. The van der Waals surface area contributed by atoms with E-state index in [-0.39, 0.29) is 22.8 Å². The van der Waals surface area contributed by atoms with Crippen LogP contribution in [0.15, 0.2) is 0 Å². The van der Waals surface area contributed by atoms with Crippen LogP contribution in [0.2, 0.25) is 0 Å². The third-order valence-corrected chi connectivity index (χ3v) is 9.66. The highest BCUT2D eigenvalue weighted by molar-refractivity contribution is 5.97. The first-order chi connectivity index (χ1) is 24.0. The zero-order valence-corrected chi connectivity index (χ0v) is 32.7. The van der Waals surface area contributed by atoms with Crippen molar-refractivity contribution >= 4 is 5.97 Å². The van der Waals surface area contributed by atoms with Gasteiger partial charge in [0.05, 0.1) is 19.8 Å². The summed E-state index contributed by atoms with van der Waals surface area (Å²) in [5.74, 6) is -0.586. The fraction of sp³-hybridized carbons (Fsp3) is 0.837. The van der Waals surface area contributed by atoms with Gasteiger partial charge in [-0.3, -0.25) is 0 Å². The normalized spacial score (nSPS) is 11.3. The van der Waals surface area contributed by atoms with Gasteiger partial charge in [0, 0.05) is 5.56 Å². The van der Waals surface area contributed by atoms with Gasteiger partial charge in [0.2, 0.25) is 0 Å². The summed E-state index contributed by atoms with van der Waals surface area (Å²) in [5, 5.41) is 21.9. The lowest BCUT2D eigenvalue weighted by molar-refractivity contribution is 0.0686. The van der Waals surface area contributed by atoms with Crippen LogP contribution >= 0.6 is 0 Å². The van der Waals surface area contributed by atoms with Crippen molar-refractivity contribution in [3.63, 3.8) is 0 Å². The molecule has 0 unspecified atom stereocenters. The van der Waals surface area contributed by atoms with Crippen LogP contribution in [0.25, 0.3) is 0 Å². The number of carboxylic acid groups (broad SMARTS) is 1. The molecule has 0 atom stereocenters. The van der Waals surface area contributed by atoms with Crippen molar-refractivity contribution in [1.82, 2.24) is 0 Å². The standard InChI is InChI=1S/C43H78O6/c1-5-9-13-17-21-23-25-29-33-37-40(47-34-30-28-24-22-18-14-10-6-2)39(44)38(43(45)46)42(49-36-32-27-20-16-12-8-4)41(37)48-35-31-26-19-15-11-7-3/h44H,5-36H2,1-4H3,(H,45,46). The summed E-state index contributed by atoms with van der Waals surface area (Å²) >= 11 is 0. The average Bonchev–Trinajstić information content (AvgIpc) is 3.09. The molecule has 49 heavy (non-hydrogen) atoms. The van der Waals surface area contributed by atoms with Gasteiger partial charge in [-0.1, -0.05) is 182 Å². The van der Waals surface area contributed by atoms with Crippen molar-refractivity contribution in [2.24, 2.45) is 0 Å². The van der Waals surface area contributed by atoms with E-state index >= 15 is 0 Å². The Bertz CT molecular complexity index is 930. The Morgan fingerprint density at radius 1 is 0.429 bits per heavy atom. The molecule has 6 nitrogen and oxygen atoms in total. The number of unbranched alkanes of at least 4 members (excludes halogenated alkanes) is 24. The van der Waals surface area contributed by atoms with Crippen molar-refractivity contribution in [3.05, 3.63) is 11.1 Å². The molecule has 0 amide bonds. The number of carboxylic acids is 1. The summed E-state index contributed by atoms with van der Waals surface area (Å²) < 4.78 is 19.1. The van der Waals surface area contributed by atoms with Crippen LogP contribution in [0.5, 0.6) is 23.0 Å². The molecular formula is C43H78O6. The largest absolute Gasteiger partial charge is 0.504 e. The van der Waals surface area contributed by atoms with Crippen LogP contribution in [0.3, 0.4) is 0 Å². The first-order valence-corrected chi connectivity index (χ1v) is 21.1. The number of rotatable bonds is 36. The SMILES string of the molecule is CCCCCCCCCCOc1c(O)c(C(=O)O)c(OCCCCCCCC)c(OCCCCCCCC)c1CCCCCCCCCC. The third-order valence-electron chi connectivity index (χ3n) is 9.66. The molecule has 0 fully saturated rings. The number of benzene rings is 1. The molecule has 1 aromatic carbocycles. The third kappa shape index (κ3) is 21.0. The van der Waals surface area contributed by atoms with E-state index in [2.05, 4.69) is 27.7 Å². The second-order valence-electron chi connectivity index (χ2n) is 14.3. The lowest BCUT2D eigenvalue weighted by atomic mass is 9.99. The smallest absolute Gasteiger partial charge is 0.343 e. The topological polar surface area (TPSA) is 85.2 Å². The maximum atomic E-state index is 12.7. The summed E-state index contributed by atoms with van der Waals surface area (Å²) in [6, 6.07) is 0. The number of hydrogen-bond acceptors (Lipinski definition) is 5. The van der Waals surface area contributed by atoms with E-state index in [1.54, 1.807) is 0 Å². The zero-order chi connectivity index (χ0) is 35.8. The van der Waals surface area contributed by atoms with Crippen LogP contribution in [-0.2, 0) is 6.42 Å². The molecule has 0 saturated heterocycles. The molecule has 0 aliphatic heterocycles. The Morgan fingerprint density at radius 3 is 1.10 bits per heavy atom. The molecule has 0 aliphatic carbocycles. The van der Waals surface area contributed by atoms with Crippen molar-refractivity contribution in [2.45, 2.75) is 214 Å². The van der Waals surface area contributed by atoms with Gasteiger partial charge in [-0.05, 0) is 32.1 Å². The van der Waals surface area contributed by atoms with Crippen LogP contribution in [-0.4, -0.2) is 36.0 Å². The molecule has 0 bridgehead atoms. The summed E-state index contributed by atoms with van der Waals surface area (Å²) in [5.41, 5.74) is 0.548. The Morgan fingerprint density at radius 2 is 0.735 bits per heavy atom. The van der Waals surface area contributed by atoms with E-state index in [9.17, 15) is 15.0 Å². The van der Waals surface area contributed by atoms with Crippen LogP contribution in [0.1, 0.15) is 223 Å². The highest BCUT2D eigenvalue weighted by Gasteiger charge is 2.31. The van der Waals surface area contributed by atoms with Gasteiger partial charge >= 0.3 is 5.97 Å². The van der Waals surface area contributed by atoms with Crippen LogP contribution in [0, 0.1) is 0 Å². The van der Waals surface area contributed by atoms with E-state index < -0.39 is 5.97 Å². The van der Waals surface area contributed by atoms with E-state index in [4.69, 9.17) is 14.2 Å². The van der Waals surface area contributed by atoms with Crippen molar-refractivity contribution in [3.8, 4) is 23.0 Å². The lowest BCUT2D eigenvalue weighted by Gasteiger charge is -2.23. The summed E-state index contributed by atoms with van der Waals surface area (Å²) in [6.45, 7) is 10.3. The molecule has 286 valence electrons. The highest BCUT2D eigenvalue weighted by atomic mass is 16.5. The molecular weight excluding hydrogens is 612 g/mol. The monoisotopic (exact) mass is 691 g/mol. The fourth-order valence-electron chi connectivity index (χ4n) is 6.55. The molecule has 6 heteroatoms. The highest BCUT2D eigenvalue weighted by Crippen LogP contribution is 2.49. The second-order valence-corrected chi connectivity index (χ2v) is 14.3. The molecule has 0 aromatic heterocycles. The van der Waals surface area contributed by atoms with Gasteiger partial charge in [-0.25, -0.2) is 4.79 Å². The molecule has 0 heterocycles. The van der Waals surface area contributed by atoms with Crippen molar-refractivity contribution < 1.29 is 29.2 Å². The summed E-state index contributed by atoms with van der Waals surface area (Å²) in [6.07, 6.45) is 33.2. The number of phenols is 1. The number of carbonyl (C=O) groups is 1. The Labute approximate surface area is 302 Å². The predicted octanol–water partition coefficient (Wildman–Crippen LogP) is 13.8. The Balaban J connectivity index is 3.23. The minimum atomic E-state index is -1.21. The maximum absolute atomic E-state index is 12.7. The molecule has 0 spiro atoms. The summed E-state index contributed by atoms with van der Waals surface area (Å²) in [4.78, 5) is 12.7. The van der Waals surface area contributed by atoms with E-state index in [0.717, 1.165) is 63.4 Å². The van der Waals surface area contributed by atoms with Gasteiger partial charge in [0.25, 0.3) is 0 Å². The molecule has 1 aromatic rings. The lowest BCUT2D eigenvalue weighted by Crippen LogP contribution is -2.13. The number of aromatic hydroxyl groups is 1. The number of ether oxygens (including phenoxy) is 3. The zero-order valence-electron chi connectivity index (χ0n) is 32.7. The number of hydrogen-bond donors (Lipinski definition) is 2. The van der Waals surface area contributed by atoms with Gasteiger partial charge < -0.3 is 24.4 Å². The van der Waals surface area contributed by atoms with Crippen molar-refractivity contribution in [2.75, 3.05) is 19.8 Å². The first kappa shape index (κ1) is 44.9. The fourth-order valence-corrected chi connectivity index (χ4v) is 6.55. The molecule has 1 rings (SSSR count). The minimum absolute atomic E-state index is 0.179.